The van der Waals surface area contributed by atoms with Crippen molar-refractivity contribution in [1.82, 2.24) is 9.76 Å². The molecule has 1 fully saturated rings. The first kappa shape index (κ1) is 5.35. The minimum atomic E-state index is -4.48. The Hall–Kier alpha value is 0.690. The topological polar surface area (TPSA) is 41.6 Å². The molecule has 84 valence electrons. The highest BCUT2D eigenvalue weighted by Gasteiger charge is 2.32. The van der Waals surface area contributed by atoms with Crippen molar-refractivity contribution >= 4 is 30.9 Å². The van der Waals surface area contributed by atoms with Gasteiger partial charge in [-0.25, -0.2) is 9.76 Å². The van der Waals surface area contributed by atoms with Crippen LogP contribution in [0.25, 0.3) is 0 Å². The zero-order valence-corrected chi connectivity index (χ0v) is 9.49. The van der Waals surface area contributed by atoms with Crippen molar-refractivity contribution in [2.75, 3.05) is 37.8 Å². The molecule has 0 aliphatic carbocycles. The SMILES string of the molecule is [2H]C([2H])(Cl)CN(C([2H])([2H])C([2H])([2H])Cl)P1(=O)NC([2H])([2H])CCO1. The van der Waals surface area contributed by atoms with Crippen molar-refractivity contribution in [1.29, 1.82) is 0 Å². The first-order valence-electron chi connectivity index (χ1n) is 7.70. The summed E-state index contributed by atoms with van der Waals surface area (Å²) < 4.78 is 77.8. The molecule has 0 bridgehead atoms. The van der Waals surface area contributed by atoms with Crippen LogP contribution in [0.5, 0.6) is 0 Å². The second-order valence-corrected chi connectivity index (χ2v) is 4.75. The normalized spacial score (nSPS) is 43.4. The molecule has 0 aromatic rings. The smallest absolute Gasteiger partial charge is 0.306 e. The van der Waals surface area contributed by atoms with Crippen molar-refractivity contribution < 1.29 is 20.1 Å². The fourth-order valence-corrected chi connectivity index (χ4v) is 2.62. The molecule has 0 saturated carbocycles. The molecular formula is C7H15Cl2N2O2P. The van der Waals surface area contributed by atoms with Gasteiger partial charge in [-0.3, -0.25) is 4.57 Å². The van der Waals surface area contributed by atoms with Crippen molar-refractivity contribution in [3.8, 4) is 0 Å². The van der Waals surface area contributed by atoms with E-state index >= 15 is 0 Å². The number of nitrogens with zero attached hydrogens (tertiary/aromatic N) is 1. The predicted octanol–water partition coefficient (Wildman–Crippen LogP) is 1.88. The zero-order chi connectivity index (χ0) is 17.6. The molecule has 0 spiro atoms. The van der Waals surface area contributed by atoms with Crippen LogP contribution in [-0.4, -0.2) is 42.5 Å². The van der Waals surface area contributed by atoms with Gasteiger partial charge in [-0.2, -0.15) is 0 Å². The average Bonchev–Trinajstić information content (AvgIpc) is 2.20. The monoisotopic (exact) mass is 268 g/mol. The third-order valence-corrected chi connectivity index (χ3v) is 3.47. The van der Waals surface area contributed by atoms with Crippen molar-refractivity contribution in [2.24, 2.45) is 0 Å². The van der Waals surface area contributed by atoms with Gasteiger partial charge in [0.25, 0.3) is 0 Å². The van der Waals surface area contributed by atoms with Crippen LogP contribution in [0, 0.1) is 0 Å². The summed E-state index contributed by atoms with van der Waals surface area (Å²) in [6.45, 7) is -6.71. The predicted molar refractivity (Wildman–Crippen MR) is 59.2 cm³/mol. The van der Waals surface area contributed by atoms with E-state index in [1.54, 1.807) is 0 Å². The third kappa shape index (κ3) is 3.37. The fourth-order valence-electron chi connectivity index (χ4n) is 0.842. The maximum Gasteiger partial charge on any atom is 0.343 e. The standard InChI is InChI=1S/C7H15Cl2N2O2P/c8-2-5-11(6-3-9)14(12)10-4-1-7-13-14/h1-7H2,(H,10,12)/i2D2,3D2,4D2,5D2. The molecule has 0 aromatic carbocycles. The average molecular weight is 269 g/mol. The van der Waals surface area contributed by atoms with Gasteiger partial charge in [-0.05, 0) is 6.42 Å². The molecule has 1 saturated heterocycles. The maximum atomic E-state index is 12.8. The molecule has 7 heteroatoms. The fraction of sp³-hybridized carbons (Fsp3) is 1.00. The van der Waals surface area contributed by atoms with Crippen molar-refractivity contribution in [3.05, 3.63) is 0 Å². The number of halogens is 2. The Bertz CT molecular complexity index is 468. The molecule has 4 nitrogen and oxygen atoms in total. The van der Waals surface area contributed by atoms with E-state index in [0.717, 1.165) is 0 Å². The van der Waals surface area contributed by atoms with E-state index in [0.29, 0.717) is 0 Å². The van der Waals surface area contributed by atoms with Gasteiger partial charge in [-0.15, -0.1) is 23.2 Å². The molecule has 1 aliphatic rings. The molecule has 0 amide bonds. The van der Waals surface area contributed by atoms with Crippen LogP contribution in [-0.2, 0) is 9.09 Å². The van der Waals surface area contributed by atoms with Crippen molar-refractivity contribution in [3.63, 3.8) is 0 Å². The molecule has 0 radical (unpaired) electrons. The second-order valence-electron chi connectivity index (χ2n) is 2.29. The molecule has 1 N–H and O–H groups in total. The van der Waals surface area contributed by atoms with E-state index in [2.05, 4.69) is 0 Å². The lowest BCUT2D eigenvalue weighted by molar-refractivity contribution is 0.233. The van der Waals surface area contributed by atoms with Gasteiger partial charge in [0.1, 0.15) is 0 Å². The Morgan fingerprint density at radius 2 is 2.43 bits per heavy atom. The maximum absolute atomic E-state index is 12.8. The molecule has 14 heavy (non-hydrogen) atoms. The van der Waals surface area contributed by atoms with Crippen molar-refractivity contribution in [2.45, 2.75) is 6.42 Å². The van der Waals surface area contributed by atoms with Gasteiger partial charge < -0.3 is 4.52 Å². The van der Waals surface area contributed by atoms with Crippen LogP contribution < -0.4 is 5.09 Å². The first-order chi connectivity index (χ1) is 9.50. The Kier molecular flexibility index (Phi) is 2.41. The van der Waals surface area contributed by atoms with Gasteiger partial charge >= 0.3 is 7.67 Å². The largest absolute Gasteiger partial charge is 0.343 e. The third-order valence-electron chi connectivity index (χ3n) is 1.41. The molecule has 1 unspecified atom stereocenters. The Morgan fingerprint density at radius 1 is 1.64 bits per heavy atom. The summed E-state index contributed by atoms with van der Waals surface area (Å²) in [6, 6.07) is 0. The second kappa shape index (κ2) is 6.31. The summed E-state index contributed by atoms with van der Waals surface area (Å²) in [4.78, 5) is 0. The molecule has 0 aromatic heterocycles. The highest BCUT2D eigenvalue weighted by atomic mass is 35.5. The summed E-state index contributed by atoms with van der Waals surface area (Å²) in [5.41, 5.74) is 0. The zero-order valence-electron chi connectivity index (χ0n) is 15.1. The van der Waals surface area contributed by atoms with E-state index in [-0.39, 0.29) is 17.7 Å². The molecular weight excluding hydrogens is 246 g/mol. The minimum absolute atomic E-state index is 0.171. The van der Waals surface area contributed by atoms with Gasteiger partial charge in [0.05, 0.1) is 6.61 Å². The van der Waals surface area contributed by atoms with Crippen LogP contribution in [0.3, 0.4) is 0 Å². The first-order valence-corrected chi connectivity index (χ1v) is 6.04. The lowest BCUT2D eigenvalue weighted by atomic mass is 10.5. The number of nitrogens with one attached hydrogen (secondary N) is 1. The summed E-state index contributed by atoms with van der Waals surface area (Å²) in [5, 5.41) is 1.97. The summed E-state index contributed by atoms with van der Waals surface area (Å²) in [6.07, 6.45) is -0.171. The van der Waals surface area contributed by atoms with Crippen LogP contribution in [0.1, 0.15) is 17.4 Å². The molecule has 1 aliphatic heterocycles. The van der Waals surface area contributed by atoms with Gasteiger partial charge in [0, 0.05) is 42.2 Å². The lowest BCUT2D eigenvalue weighted by Gasteiger charge is -2.33. The van der Waals surface area contributed by atoms with E-state index in [1.165, 1.54) is 0 Å². The quantitative estimate of drug-likeness (QED) is 0.611. The van der Waals surface area contributed by atoms with E-state index < -0.39 is 38.9 Å². The highest BCUT2D eigenvalue weighted by molar-refractivity contribution is 7.54. The summed E-state index contributed by atoms with van der Waals surface area (Å²) in [7, 11) is -4.48. The number of hydrogen-bond donors (Lipinski definition) is 1. The van der Waals surface area contributed by atoms with E-state index in [4.69, 9.17) is 38.7 Å². The minimum Gasteiger partial charge on any atom is -0.306 e. The van der Waals surface area contributed by atoms with Gasteiger partial charge in [0.2, 0.25) is 0 Å². The molecule has 1 atom stereocenters. The summed E-state index contributed by atoms with van der Waals surface area (Å²) >= 11 is 10.8. The number of rotatable bonds is 5. The number of alkyl halides is 2. The Morgan fingerprint density at radius 3 is 3.00 bits per heavy atom. The van der Waals surface area contributed by atoms with Crippen LogP contribution >= 0.6 is 30.9 Å². The molecule has 1 rings (SSSR count). The van der Waals surface area contributed by atoms with Crippen LogP contribution in [0.2, 0.25) is 0 Å². The van der Waals surface area contributed by atoms with E-state index in [9.17, 15) is 4.57 Å². The lowest BCUT2D eigenvalue weighted by Crippen LogP contribution is -2.35. The van der Waals surface area contributed by atoms with E-state index in [1.807, 2.05) is 5.09 Å². The van der Waals surface area contributed by atoms with Gasteiger partial charge in [-0.1, -0.05) is 0 Å². The summed E-state index contributed by atoms with van der Waals surface area (Å²) in [5.74, 6) is -5.65. The van der Waals surface area contributed by atoms with Gasteiger partial charge in [0.15, 0.2) is 0 Å². The highest BCUT2D eigenvalue weighted by Crippen LogP contribution is 2.47. The Balaban J connectivity index is 3.30. The van der Waals surface area contributed by atoms with Crippen LogP contribution in [0.15, 0.2) is 0 Å². The Labute approximate surface area is 106 Å². The molecule has 1 heterocycles. The number of hydrogen-bond acceptors (Lipinski definition) is 2. The van der Waals surface area contributed by atoms with Crippen LogP contribution in [0.4, 0.5) is 0 Å².